The summed E-state index contributed by atoms with van der Waals surface area (Å²) < 4.78 is 0. The summed E-state index contributed by atoms with van der Waals surface area (Å²) in [5.41, 5.74) is 3.38. The zero-order chi connectivity index (χ0) is 11.1. The molecule has 0 saturated carbocycles. The fourth-order valence-electron chi connectivity index (χ4n) is 2.52. The zero-order valence-corrected chi connectivity index (χ0v) is 10.9. The average molecular weight is 220 g/mol. The highest BCUT2D eigenvalue weighted by atomic mass is 32.2. The van der Waals surface area contributed by atoms with E-state index in [1.54, 1.807) is 5.56 Å². The molecule has 0 spiro atoms. The number of fused-ring (bicyclic) bond motifs is 1. The third-order valence-electron chi connectivity index (χ3n) is 3.31. The molecular weight excluding hydrogens is 200 g/mol. The van der Waals surface area contributed by atoms with Crippen LogP contribution >= 0.6 is 11.8 Å². The van der Waals surface area contributed by atoms with E-state index in [9.17, 15) is 0 Å². The lowest BCUT2D eigenvalue weighted by Gasteiger charge is -2.36. The molecule has 0 N–H and O–H groups in total. The van der Waals surface area contributed by atoms with Gasteiger partial charge in [0.15, 0.2) is 0 Å². The molecule has 1 heterocycles. The van der Waals surface area contributed by atoms with E-state index in [1.165, 1.54) is 16.9 Å². The Kier molecular flexibility index (Phi) is 2.85. The number of aryl methyl sites for hydroxylation is 1. The number of hydrogen-bond donors (Lipinski definition) is 0. The average Bonchev–Trinajstić information content (AvgIpc) is 2.16. The van der Waals surface area contributed by atoms with E-state index in [0.717, 1.165) is 11.7 Å². The third-order valence-corrected chi connectivity index (χ3v) is 4.49. The number of benzene rings is 1. The van der Waals surface area contributed by atoms with Gasteiger partial charge in [0.2, 0.25) is 0 Å². The monoisotopic (exact) mass is 220 g/mol. The van der Waals surface area contributed by atoms with Crippen molar-refractivity contribution >= 4 is 11.8 Å². The molecule has 15 heavy (non-hydrogen) atoms. The lowest BCUT2D eigenvalue weighted by atomic mass is 9.79. The van der Waals surface area contributed by atoms with E-state index < -0.39 is 0 Å². The molecule has 1 aliphatic rings. The van der Waals surface area contributed by atoms with E-state index in [4.69, 9.17) is 0 Å². The molecule has 1 aliphatic heterocycles. The summed E-state index contributed by atoms with van der Waals surface area (Å²) in [6.07, 6.45) is 2.43. The topological polar surface area (TPSA) is 0 Å². The second kappa shape index (κ2) is 3.86. The molecule has 0 bridgehead atoms. The molecule has 1 aromatic carbocycles. The van der Waals surface area contributed by atoms with Gasteiger partial charge < -0.3 is 0 Å². The quantitative estimate of drug-likeness (QED) is 0.675. The van der Waals surface area contributed by atoms with Crippen molar-refractivity contribution < 1.29 is 0 Å². The summed E-state index contributed by atoms with van der Waals surface area (Å²) >= 11 is 2.03. The largest absolute Gasteiger partial charge is 0.123 e. The minimum absolute atomic E-state index is 0.352. The fourth-order valence-corrected chi connectivity index (χ4v) is 4.06. The lowest BCUT2D eigenvalue weighted by molar-refractivity contribution is 0.462. The van der Waals surface area contributed by atoms with Crippen molar-refractivity contribution in [3.8, 4) is 0 Å². The number of rotatable bonds is 1. The van der Waals surface area contributed by atoms with E-state index in [2.05, 4.69) is 45.9 Å². The summed E-state index contributed by atoms with van der Waals surface area (Å²) in [5.74, 6) is 0. The Bertz CT molecular complexity index is 366. The first-order chi connectivity index (χ1) is 7.03. The molecule has 2 rings (SSSR count). The molecule has 1 heteroatoms. The van der Waals surface area contributed by atoms with Crippen LogP contribution in [0.15, 0.2) is 23.1 Å². The van der Waals surface area contributed by atoms with Gasteiger partial charge in [-0.05, 0) is 35.4 Å². The van der Waals surface area contributed by atoms with Crippen molar-refractivity contribution in [2.45, 2.75) is 56.1 Å². The Morgan fingerprint density at radius 2 is 2.13 bits per heavy atom. The number of thioether (sulfide) groups is 1. The van der Waals surface area contributed by atoms with Gasteiger partial charge in [0, 0.05) is 10.1 Å². The predicted molar refractivity (Wildman–Crippen MR) is 68.8 cm³/mol. The zero-order valence-electron chi connectivity index (χ0n) is 10.1. The van der Waals surface area contributed by atoms with Gasteiger partial charge in [-0.25, -0.2) is 0 Å². The van der Waals surface area contributed by atoms with Crippen LogP contribution in [0.5, 0.6) is 0 Å². The van der Waals surface area contributed by atoms with E-state index in [-0.39, 0.29) is 0 Å². The van der Waals surface area contributed by atoms with Crippen LogP contribution in [0, 0.1) is 0 Å². The van der Waals surface area contributed by atoms with Gasteiger partial charge in [-0.3, -0.25) is 0 Å². The molecule has 0 fully saturated rings. The Labute approximate surface area is 97.5 Å². The molecule has 0 aromatic heterocycles. The maximum atomic E-state index is 2.41. The van der Waals surface area contributed by atoms with Crippen LogP contribution in [0.1, 0.15) is 45.2 Å². The highest BCUT2D eigenvalue weighted by Gasteiger charge is 2.31. The third kappa shape index (κ3) is 2.08. The molecule has 0 nitrogen and oxygen atoms in total. The molecule has 0 aliphatic carbocycles. The maximum Gasteiger partial charge on any atom is 0.0112 e. The normalized spacial score (nSPS) is 23.6. The summed E-state index contributed by atoms with van der Waals surface area (Å²) in [6.45, 7) is 9.32. The van der Waals surface area contributed by atoms with Crippen LogP contribution in [0.4, 0.5) is 0 Å². The van der Waals surface area contributed by atoms with E-state index in [0.29, 0.717) is 5.41 Å². The highest BCUT2D eigenvalue weighted by Crippen LogP contribution is 2.45. The van der Waals surface area contributed by atoms with Crippen LogP contribution in [0.2, 0.25) is 0 Å². The van der Waals surface area contributed by atoms with Crippen LogP contribution in [0.3, 0.4) is 0 Å². The number of hydrogen-bond acceptors (Lipinski definition) is 1. The van der Waals surface area contributed by atoms with Crippen LogP contribution in [-0.4, -0.2) is 5.25 Å². The van der Waals surface area contributed by atoms with E-state index in [1.807, 2.05) is 11.8 Å². The summed E-state index contributed by atoms with van der Waals surface area (Å²) in [7, 11) is 0. The fraction of sp³-hybridized carbons (Fsp3) is 0.571. The Hall–Kier alpha value is -0.430. The predicted octanol–water partition coefficient (Wildman–Crippen LogP) is 4.41. The minimum Gasteiger partial charge on any atom is -0.123 e. The second-order valence-corrected chi connectivity index (χ2v) is 6.68. The van der Waals surface area contributed by atoms with Gasteiger partial charge in [0.1, 0.15) is 0 Å². The summed E-state index contributed by atoms with van der Waals surface area (Å²) in [4.78, 5) is 1.50. The SMILES string of the molecule is CCc1ccc2c(c1)C(C)(C)CC(C)S2. The van der Waals surface area contributed by atoms with Crippen molar-refractivity contribution in [2.75, 3.05) is 0 Å². The van der Waals surface area contributed by atoms with Crippen molar-refractivity contribution in [2.24, 2.45) is 0 Å². The molecule has 0 radical (unpaired) electrons. The highest BCUT2D eigenvalue weighted by molar-refractivity contribution is 8.00. The molecule has 1 aromatic rings. The molecular formula is C14H20S. The van der Waals surface area contributed by atoms with Crippen molar-refractivity contribution in [3.63, 3.8) is 0 Å². The smallest absolute Gasteiger partial charge is 0.0112 e. The minimum atomic E-state index is 0.352. The van der Waals surface area contributed by atoms with Crippen molar-refractivity contribution in [3.05, 3.63) is 29.3 Å². The maximum absolute atomic E-state index is 2.41. The Morgan fingerprint density at radius 3 is 2.80 bits per heavy atom. The first-order valence-electron chi connectivity index (χ1n) is 5.83. The molecule has 1 unspecified atom stereocenters. The van der Waals surface area contributed by atoms with Gasteiger partial charge in [-0.2, -0.15) is 0 Å². The van der Waals surface area contributed by atoms with Gasteiger partial charge in [0.25, 0.3) is 0 Å². The van der Waals surface area contributed by atoms with Gasteiger partial charge in [-0.15, -0.1) is 11.8 Å². The standard InChI is InChI=1S/C14H20S/c1-5-11-6-7-13-12(8-11)14(3,4)9-10(2)15-13/h6-8,10H,5,9H2,1-4H3. The van der Waals surface area contributed by atoms with Crippen LogP contribution in [0.25, 0.3) is 0 Å². The second-order valence-electron chi connectivity index (χ2n) is 5.20. The summed E-state index contributed by atoms with van der Waals surface area (Å²) in [5, 5.41) is 0.750. The molecule has 1 atom stereocenters. The van der Waals surface area contributed by atoms with Crippen molar-refractivity contribution in [1.29, 1.82) is 0 Å². The molecule has 82 valence electrons. The van der Waals surface area contributed by atoms with Gasteiger partial charge >= 0.3 is 0 Å². The lowest BCUT2D eigenvalue weighted by Crippen LogP contribution is -2.26. The Balaban J connectivity index is 2.48. The Morgan fingerprint density at radius 1 is 1.40 bits per heavy atom. The summed E-state index contributed by atoms with van der Waals surface area (Å²) in [6, 6.07) is 7.00. The van der Waals surface area contributed by atoms with Gasteiger partial charge in [0.05, 0.1) is 0 Å². The molecule has 0 saturated heterocycles. The van der Waals surface area contributed by atoms with Crippen LogP contribution < -0.4 is 0 Å². The van der Waals surface area contributed by atoms with Crippen molar-refractivity contribution in [1.82, 2.24) is 0 Å². The van der Waals surface area contributed by atoms with E-state index >= 15 is 0 Å². The first-order valence-corrected chi connectivity index (χ1v) is 6.71. The van der Waals surface area contributed by atoms with Gasteiger partial charge in [-0.1, -0.05) is 39.8 Å². The van der Waals surface area contributed by atoms with Crippen LogP contribution in [-0.2, 0) is 11.8 Å². The first kappa shape index (κ1) is 11.1. The molecule has 0 amide bonds.